The number of hydrogen-bond acceptors (Lipinski definition) is 2. The molecule has 8 heteroatoms. The van der Waals surface area contributed by atoms with Crippen LogP contribution >= 0.6 is 31.9 Å². The van der Waals surface area contributed by atoms with Crippen LogP contribution in [-0.4, -0.2) is 16.3 Å². The van der Waals surface area contributed by atoms with Gasteiger partial charge in [-0.05, 0) is 44.0 Å². The maximum Gasteiger partial charge on any atom is 0.573 e. The van der Waals surface area contributed by atoms with Crippen molar-refractivity contribution >= 4 is 31.9 Å². The van der Waals surface area contributed by atoms with Gasteiger partial charge in [0.25, 0.3) is 0 Å². The molecular formula is C10H5Br2F3N2O. The Labute approximate surface area is 117 Å². The highest BCUT2D eigenvalue weighted by Gasteiger charge is 2.31. The molecule has 0 aliphatic heterocycles. The Morgan fingerprint density at radius 3 is 2.50 bits per heavy atom. The number of benzene rings is 1. The smallest absolute Gasteiger partial charge is 0.406 e. The Bertz CT molecular complexity index is 549. The predicted octanol–water partition coefficient (Wildman–Crippen LogP) is 4.50. The van der Waals surface area contributed by atoms with Crippen LogP contribution in [0.15, 0.2) is 33.5 Å². The largest absolute Gasteiger partial charge is 0.573 e. The number of ether oxygens (including phenoxy) is 1. The predicted molar refractivity (Wildman–Crippen MR) is 66.1 cm³/mol. The van der Waals surface area contributed by atoms with Crippen LogP contribution in [0.25, 0.3) is 11.4 Å². The first-order valence-corrected chi connectivity index (χ1v) is 6.21. The molecule has 18 heavy (non-hydrogen) atoms. The van der Waals surface area contributed by atoms with E-state index in [9.17, 15) is 13.2 Å². The third kappa shape index (κ3) is 3.26. The third-order valence-corrected chi connectivity index (χ3v) is 3.64. The molecule has 0 saturated heterocycles. The van der Waals surface area contributed by atoms with E-state index in [-0.39, 0.29) is 5.75 Å². The van der Waals surface area contributed by atoms with E-state index in [1.807, 2.05) is 0 Å². The van der Waals surface area contributed by atoms with Gasteiger partial charge in [-0.15, -0.1) is 13.2 Å². The lowest BCUT2D eigenvalue weighted by Gasteiger charge is -2.09. The van der Waals surface area contributed by atoms with Crippen molar-refractivity contribution in [2.75, 3.05) is 0 Å². The Morgan fingerprint density at radius 2 is 1.94 bits per heavy atom. The highest BCUT2D eigenvalue weighted by molar-refractivity contribution is 9.13. The number of nitrogens with one attached hydrogen (secondary N) is 1. The zero-order valence-electron chi connectivity index (χ0n) is 8.55. The molecule has 0 bridgehead atoms. The number of halogens is 5. The monoisotopic (exact) mass is 384 g/mol. The van der Waals surface area contributed by atoms with Gasteiger partial charge in [0.05, 0.1) is 0 Å². The Hall–Kier alpha value is -1.02. The van der Waals surface area contributed by atoms with Crippen LogP contribution < -0.4 is 4.74 Å². The molecule has 1 heterocycles. The molecule has 0 atom stereocenters. The van der Waals surface area contributed by atoms with Gasteiger partial charge in [0.2, 0.25) is 0 Å². The SMILES string of the molecule is FC(F)(F)Oc1cccc(-c2nc(Br)c(Br)[nH]2)c1. The number of alkyl halides is 3. The van der Waals surface area contributed by atoms with Crippen molar-refractivity contribution in [1.29, 1.82) is 0 Å². The molecule has 0 amide bonds. The summed E-state index contributed by atoms with van der Waals surface area (Å²) in [7, 11) is 0. The molecule has 0 aliphatic carbocycles. The maximum atomic E-state index is 12.1. The van der Waals surface area contributed by atoms with E-state index >= 15 is 0 Å². The minimum Gasteiger partial charge on any atom is -0.406 e. The minimum absolute atomic E-state index is 0.288. The second kappa shape index (κ2) is 4.93. The first kappa shape index (κ1) is 13.4. The van der Waals surface area contributed by atoms with Gasteiger partial charge < -0.3 is 9.72 Å². The van der Waals surface area contributed by atoms with E-state index in [0.29, 0.717) is 20.6 Å². The van der Waals surface area contributed by atoms with Crippen molar-refractivity contribution in [2.45, 2.75) is 6.36 Å². The van der Waals surface area contributed by atoms with Crippen LogP contribution in [0.2, 0.25) is 0 Å². The topological polar surface area (TPSA) is 37.9 Å². The molecule has 2 rings (SSSR count). The molecule has 0 unspecified atom stereocenters. The van der Waals surface area contributed by atoms with Crippen molar-refractivity contribution < 1.29 is 17.9 Å². The van der Waals surface area contributed by atoms with Gasteiger partial charge in [-0.25, -0.2) is 4.98 Å². The Kier molecular flexibility index (Phi) is 3.67. The Morgan fingerprint density at radius 1 is 1.22 bits per heavy atom. The van der Waals surface area contributed by atoms with Crippen molar-refractivity contribution in [2.24, 2.45) is 0 Å². The summed E-state index contributed by atoms with van der Waals surface area (Å²) in [6, 6.07) is 5.57. The van der Waals surface area contributed by atoms with Crippen LogP contribution in [-0.2, 0) is 0 Å². The number of aromatic amines is 1. The summed E-state index contributed by atoms with van der Waals surface area (Å²) in [6.45, 7) is 0. The molecule has 0 fully saturated rings. The number of imidazole rings is 1. The van der Waals surface area contributed by atoms with Gasteiger partial charge in [-0.1, -0.05) is 12.1 Å². The van der Waals surface area contributed by atoms with Crippen molar-refractivity contribution in [3.8, 4) is 17.1 Å². The van der Waals surface area contributed by atoms with Crippen LogP contribution in [0, 0.1) is 0 Å². The summed E-state index contributed by atoms with van der Waals surface area (Å²) in [5, 5.41) is 0. The van der Waals surface area contributed by atoms with Gasteiger partial charge >= 0.3 is 6.36 Å². The molecule has 3 nitrogen and oxygen atoms in total. The van der Waals surface area contributed by atoms with Crippen molar-refractivity contribution in [3.05, 3.63) is 33.5 Å². The zero-order valence-corrected chi connectivity index (χ0v) is 11.7. The van der Waals surface area contributed by atoms with E-state index in [1.54, 1.807) is 6.07 Å². The second-order valence-corrected chi connectivity index (χ2v) is 4.81. The molecule has 0 radical (unpaired) electrons. The minimum atomic E-state index is -4.71. The van der Waals surface area contributed by atoms with Gasteiger partial charge in [0, 0.05) is 5.56 Å². The number of hydrogen-bond donors (Lipinski definition) is 1. The lowest BCUT2D eigenvalue weighted by atomic mass is 10.2. The van der Waals surface area contributed by atoms with Gasteiger partial charge in [0.15, 0.2) is 0 Å². The van der Waals surface area contributed by atoms with Gasteiger partial charge in [-0.2, -0.15) is 0 Å². The van der Waals surface area contributed by atoms with E-state index in [1.165, 1.54) is 18.2 Å². The molecule has 96 valence electrons. The lowest BCUT2D eigenvalue weighted by molar-refractivity contribution is -0.274. The number of H-pyrrole nitrogens is 1. The molecular weight excluding hydrogens is 381 g/mol. The van der Waals surface area contributed by atoms with Gasteiger partial charge in [0.1, 0.15) is 20.8 Å². The van der Waals surface area contributed by atoms with E-state index < -0.39 is 6.36 Å². The fourth-order valence-corrected chi connectivity index (χ4v) is 1.86. The standard InChI is InChI=1S/C10H5Br2F3N2O/c11-7-8(12)17-9(16-7)5-2-1-3-6(4-5)18-10(13,14)15/h1-4H,(H,16,17). The fraction of sp³-hybridized carbons (Fsp3) is 0.100. The van der Waals surface area contributed by atoms with Crippen LogP contribution in [0.1, 0.15) is 0 Å². The molecule has 2 aromatic rings. The Balaban J connectivity index is 2.32. The summed E-state index contributed by atoms with van der Waals surface area (Å²) in [5.41, 5.74) is 0.489. The van der Waals surface area contributed by atoms with E-state index in [2.05, 4.69) is 46.6 Å². The first-order chi connectivity index (χ1) is 8.35. The second-order valence-electron chi connectivity index (χ2n) is 3.27. The van der Waals surface area contributed by atoms with Crippen molar-refractivity contribution in [1.82, 2.24) is 9.97 Å². The average molecular weight is 386 g/mol. The summed E-state index contributed by atoms with van der Waals surface area (Å²) in [4.78, 5) is 6.97. The maximum absolute atomic E-state index is 12.1. The normalized spacial score (nSPS) is 11.6. The van der Waals surface area contributed by atoms with E-state index in [4.69, 9.17) is 0 Å². The number of aromatic nitrogens is 2. The molecule has 1 aromatic carbocycles. The highest BCUT2D eigenvalue weighted by Crippen LogP contribution is 2.29. The molecule has 1 N–H and O–H groups in total. The highest BCUT2D eigenvalue weighted by atomic mass is 79.9. The number of nitrogens with zero attached hydrogens (tertiary/aromatic N) is 1. The van der Waals surface area contributed by atoms with Crippen molar-refractivity contribution in [3.63, 3.8) is 0 Å². The van der Waals surface area contributed by atoms with Crippen LogP contribution in [0.4, 0.5) is 13.2 Å². The number of rotatable bonds is 2. The third-order valence-electron chi connectivity index (χ3n) is 1.96. The molecule has 0 saturated carbocycles. The lowest BCUT2D eigenvalue weighted by Crippen LogP contribution is -2.17. The average Bonchev–Trinajstić information content (AvgIpc) is 2.57. The van der Waals surface area contributed by atoms with Gasteiger partial charge in [-0.3, -0.25) is 0 Å². The molecule has 1 aromatic heterocycles. The zero-order chi connectivity index (χ0) is 13.3. The van der Waals surface area contributed by atoms with E-state index in [0.717, 1.165) is 0 Å². The summed E-state index contributed by atoms with van der Waals surface area (Å²) in [6.07, 6.45) is -4.71. The molecule has 0 spiro atoms. The molecule has 0 aliphatic rings. The van der Waals surface area contributed by atoms with Crippen LogP contribution in [0.3, 0.4) is 0 Å². The quantitative estimate of drug-likeness (QED) is 0.826. The summed E-state index contributed by atoms with van der Waals surface area (Å²) >= 11 is 6.38. The van der Waals surface area contributed by atoms with Crippen LogP contribution in [0.5, 0.6) is 5.75 Å². The summed E-state index contributed by atoms with van der Waals surface area (Å²) < 4.78 is 41.2. The fourth-order valence-electron chi connectivity index (χ4n) is 1.31. The summed E-state index contributed by atoms with van der Waals surface area (Å²) in [5.74, 6) is 0.144. The first-order valence-electron chi connectivity index (χ1n) is 4.62.